The maximum absolute atomic E-state index is 11.1. The smallest absolute Gasteiger partial charge is 0.303 e. The molecule has 264 valence electrons. The van der Waals surface area contributed by atoms with Crippen LogP contribution < -0.4 is 0 Å². The molecule has 0 aromatic carbocycles. The van der Waals surface area contributed by atoms with Crippen molar-refractivity contribution in [2.24, 2.45) is 0 Å². The molecule has 18 heteroatoms. The molecule has 3 aliphatic rings. The molecule has 11 N–H and O–H groups in total. The molecule has 0 saturated carbocycles. The quantitative estimate of drug-likeness (QED) is 0.0653. The normalized spacial score (nSPS) is 42.5. The summed E-state index contributed by atoms with van der Waals surface area (Å²) < 4.78 is 33.5. The van der Waals surface area contributed by atoms with Crippen LogP contribution in [0.2, 0.25) is 0 Å². The maximum Gasteiger partial charge on any atom is 0.303 e. The van der Waals surface area contributed by atoms with E-state index < -0.39 is 118 Å². The second kappa shape index (κ2) is 18.4. The Morgan fingerprint density at radius 3 is 1.56 bits per heavy atom. The molecule has 0 spiro atoms. The number of aliphatic carboxylic acids is 1. The van der Waals surface area contributed by atoms with Gasteiger partial charge in [-0.05, 0) is 12.8 Å². The van der Waals surface area contributed by atoms with Crippen LogP contribution in [0.5, 0.6) is 0 Å². The lowest BCUT2D eigenvalue weighted by molar-refractivity contribution is -0.385. The lowest BCUT2D eigenvalue weighted by Gasteiger charge is -2.48. The molecule has 0 radical (unpaired) electrons. The molecule has 0 aromatic rings. The summed E-state index contributed by atoms with van der Waals surface area (Å²) in [6.45, 7) is -2.13. The first-order valence-corrected chi connectivity index (χ1v) is 15.1. The number of rotatable bonds is 17. The van der Waals surface area contributed by atoms with Gasteiger partial charge in [0.1, 0.15) is 73.2 Å². The van der Waals surface area contributed by atoms with E-state index in [2.05, 4.69) is 0 Å². The Balaban J connectivity index is 1.66. The Hall–Kier alpha value is -1.17. The van der Waals surface area contributed by atoms with Gasteiger partial charge >= 0.3 is 5.97 Å². The molecule has 0 unspecified atom stereocenters. The molecule has 0 aliphatic carbocycles. The van der Waals surface area contributed by atoms with E-state index in [-0.39, 0.29) is 13.0 Å². The molecule has 15 atom stereocenters. The van der Waals surface area contributed by atoms with Gasteiger partial charge in [0.25, 0.3) is 0 Å². The summed E-state index contributed by atoms with van der Waals surface area (Å²) in [5.41, 5.74) is 0. The average Bonchev–Trinajstić information content (AvgIpc) is 3.02. The highest BCUT2D eigenvalue weighted by Crippen LogP contribution is 2.33. The first-order valence-electron chi connectivity index (χ1n) is 15.1. The van der Waals surface area contributed by atoms with Crippen LogP contribution in [0.15, 0.2) is 0 Å². The molecular weight excluding hydrogens is 612 g/mol. The van der Waals surface area contributed by atoms with E-state index in [1.54, 1.807) is 0 Å². The Bertz CT molecular complexity index is 866. The second-order valence-corrected chi connectivity index (χ2v) is 11.4. The fourth-order valence-corrected chi connectivity index (χ4v) is 5.44. The summed E-state index contributed by atoms with van der Waals surface area (Å²) in [4.78, 5) is 10.6. The Labute approximate surface area is 259 Å². The highest BCUT2D eigenvalue weighted by atomic mass is 16.8. The molecule has 3 heterocycles. The third kappa shape index (κ3) is 9.92. The zero-order valence-electron chi connectivity index (χ0n) is 24.7. The minimum atomic E-state index is -1.91. The van der Waals surface area contributed by atoms with Crippen molar-refractivity contribution in [2.45, 2.75) is 137 Å². The Kier molecular flexibility index (Phi) is 15.6. The van der Waals surface area contributed by atoms with Gasteiger partial charge in [-0.25, -0.2) is 0 Å². The number of unbranched alkanes of at least 4 members (excludes halogenated alkanes) is 5. The number of hydrogen-bond acceptors (Lipinski definition) is 17. The van der Waals surface area contributed by atoms with Gasteiger partial charge in [0.15, 0.2) is 18.9 Å². The van der Waals surface area contributed by atoms with Crippen LogP contribution in [0.4, 0.5) is 0 Å². The summed E-state index contributed by atoms with van der Waals surface area (Å²) in [6.07, 6.45) is -20.2. The van der Waals surface area contributed by atoms with Gasteiger partial charge in [0.05, 0.1) is 19.8 Å². The molecule has 3 fully saturated rings. The van der Waals surface area contributed by atoms with Crippen LogP contribution in [0.1, 0.15) is 44.9 Å². The molecule has 3 aliphatic heterocycles. The monoisotopic (exact) mass is 660 g/mol. The summed E-state index contributed by atoms with van der Waals surface area (Å²) in [6, 6.07) is 0. The van der Waals surface area contributed by atoms with Crippen LogP contribution in [-0.4, -0.2) is 181 Å². The zero-order valence-corrected chi connectivity index (χ0v) is 24.7. The van der Waals surface area contributed by atoms with Gasteiger partial charge in [-0.2, -0.15) is 0 Å². The predicted octanol–water partition coefficient (Wildman–Crippen LogP) is -4.73. The highest BCUT2D eigenvalue weighted by molar-refractivity contribution is 5.66. The van der Waals surface area contributed by atoms with Crippen molar-refractivity contribution in [2.75, 3.05) is 26.4 Å². The summed E-state index contributed by atoms with van der Waals surface area (Å²) >= 11 is 0. The highest BCUT2D eigenvalue weighted by Gasteiger charge is 2.53. The van der Waals surface area contributed by atoms with Gasteiger partial charge < -0.3 is 84.6 Å². The van der Waals surface area contributed by atoms with Gasteiger partial charge in [-0.1, -0.05) is 25.7 Å². The zero-order chi connectivity index (χ0) is 33.3. The first-order chi connectivity index (χ1) is 21.4. The first kappa shape index (κ1) is 38.3. The number of carboxylic acid groups (broad SMARTS) is 1. The number of carboxylic acids is 1. The van der Waals surface area contributed by atoms with Gasteiger partial charge in [-0.15, -0.1) is 0 Å². The molecule has 0 bridgehead atoms. The SMILES string of the molecule is O=C(O)CCCCCCCCO[C@H]1O[C@H](CO)[C@@H](O)[C@H](O)[C@@H]1O[C@H]1O[C@H](CO)[C@@H](O)[C@H](O[C@H]2O[C@H](CO)[C@@H](O)[C@H](O)[C@@H]2O)[C@@H]1O. The number of ether oxygens (including phenoxy) is 6. The van der Waals surface area contributed by atoms with E-state index >= 15 is 0 Å². The number of hydrogen-bond donors (Lipinski definition) is 11. The predicted molar refractivity (Wildman–Crippen MR) is 145 cm³/mol. The van der Waals surface area contributed by atoms with E-state index in [4.69, 9.17) is 33.5 Å². The molecule has 45 heavy (non-hydrogen) atoms. The molecular formula is C27H48O18. The lowest BCUT2D eigenvalue weighted by Crippen LogP contribution is -2.66. The van der Waals surface area contributed by atoms with Crippen molar-refractivity contribution in [3.63, 3.8) is 0 Å². The number of aliphatic hydroxyl groups is 10. The molecule has 3 rings (SSSR count). The van der Waals surface area contributed by atoms with Crippen molar-refractivity contribution in [1.29, 1.82) is 0 Å². The van der Waals surface area contributed by atoms with Gasteiger partial charge in [0, 0.05) is 13.0 Å². The third-order valence-corrected chi connectivity index (χ3v) is 8.14. The van der Waals surface area contributed by atoms with Crippen LogP contribution in [0.25, 0.3) is 0 Å². The van der Waals surface area contributed by atoms with E-state index in [0.717, 1.165) is 25.7 Å². The van der Waals surface area contributed by atoms with Crippen molar-refractivity contribution >= 4 is 5.97 Å². The topological polar surface area (TPSA) is 295 Å². The fraction of sp³-hybridized carbons (Fsp3) is 0.963. The fourth-order valence-electron chi connectivity index (χ4n) is 5.44. The molecule has 3 saturated heterocycles. The van der Waals surface area contributed by atoms with Gasteiger partial charge in [0.2, 0.25) is 0 Å². The second-order valence-electron chi connectivity index (χ2n) is 11.4. The number of carbonyl (C=O) groups is 1. The lowest BCUT2D eigenvalue weighted by atomic mass is 9.96. The van der Waals surface area contributed by atoms with Crippen molar-refractivity contribution in [3.05, 3.63) is 0 Å². The van der Waals surface area contributed by atoms with E-state index in [1.807, 2.05) is 0 Å². The molecule has 18 nitrogen and oxygen atoms in total. The van der Waals surface area contributed by atoms with Crippen LogP contribution in [0.3, 0.4) is 0 Å². The van der Waals surface area contributed by atoms with Crippen molar-refractivity contribution < 1.29 is 89.4 Å². The van der Waals surface area contributed by atoms with Crippen molar-refractivity contribution in [3.8, 4) is 0 Å². The average molecular weight is 661 g/mol. The molecule has 0 aromatic heterocycles. The Morgan fingerprint density at radius 1 is 0.511 bits per heavy atom. The van der Waals surface area contributed by atoms with Crippen LogP contribution in [0, 0.1) is 0 Å². The third-order valence-electron chi connectivity index (χ3n) is 8.14. The summed E-state index contributed by atoms with van der Waals surface area (Å²) in [5, 5.41) is 111. The molecule has 0 amide bonds. The van der Waals surface area contributed by atoms with E-state index in [0.29, 0.717) is 12.8 Å². The largest absolute Gasteiger partial charge is 0.481 e. The number of aliphatic hydroxyl groups excluding tert-OH is 10. The van der Waals surface area contributed by atoms with E-state index in [9.17, 15) is 55.9 Å². The van der Waals surface area contributed by atoms with E-state index in [1.165, 1.54) is 0 Å². The summed E-state index contributed by atoms with van der Waals surface area (Å²) in [7, 11) is 0. The van der Waals surface area contributed by atoms with Crippen LogP contribution in [-0.2, 0) is 33.2 Å². The van der Waals surface area contributed by atoms with Crippen LogP contribution >= 0.6 is 0 Å². The Morgan fingerprint density at radius 2 is 0.978 bits per heavy atom. The summed E-state index contributed by atoms with van der Waals surface area (Å²) in [5.74, 6) is -0.841. The minimum Gasteiger partial charge on any atom is -0.481 e. The maximum atomic E-state index is 11.1. The van der Waals surface area contributed by atoms with Crippen molar-refractivity contribution in [1.82, 2.24) is 0 Å². The van der Waals surface area contributed by atoms with Gasteiger partial charge in [-0.3, -0.25) is 4.79 Å². The standard InChI is InChI=1S/C27H48O18/c28-9-12-16(33)19(36)21(38)25(41-12)44-23-18(35)14(11-30)42-26(22(23)39)45-24-20(37)17(34)13(10-29)43-27(24)40-8-6-4-2-1-3-5-7-15(31)32/h12-14,16-30,33-39H,1-11H2,(H,31,32)/t12-,13-,14-,16-,17-,18-,19+,20+,21+,22+,23+,24+,25-,26-,27+/m1/s1. The minimum absolute atomic E-state index is 0.107.